The maximum absolute atomic E-state index is 12.2. The Morgan fingerprint density at radius 1 is 1.12 bits per heavy atom. The van der Waals surface area contributed by atoms with Gasteiger partial charge in [0, 0.05) is 13.1 Å². The molecule has 1 amide bonds. The molecule has 0 aromatic heterocycles. The van der Waals surface area contributed by atoms with Crippen LogP contribution in [0.15, 0.2) is 24.3 Å². The van der Waals surface area contributed by atoms with Crippen LogP contribution in [0.3, 0.4) is 0 Å². The van der Waals surface area contributed by atoms with Gasteiger partial charge >= 0.3 is 12.1 Å². The number of carbonyl (C=O) groups is 2. The predicted molar refractivity (Wildman–Crippen MR) is 101 cm³/mol. The molecule has 1 aromatic carbocycles. The molecule has 26 heavy (non-hydrogen) atoms. The number of rotatable bonds is 4. The van der Waals surface area contributed by atoms with E-state index in [0.29, 0.717) is 25.3 Å². The van der Waals surface area contributed by atoms with Crippen LogP contribution < -0.4 is 0 Å². The Balaban J connectivity index is 1.91. The molecule has 1 saturated heterocycles. The molecule has 0 spiro atoms. The van der Waals surface area contributed by atoms with Gasteiger partial charge in [-0.15, -0.1) is 0 Å². The molecule has 1 aromatic rings. The highest BCUT2D eigenvalue weighted by molar-refractivity contribution is 5.89. The molecule has 2 rings (SSSR count). The van der Waals surface area contributed by atoms with Crippen molar-refractivity contribution in [3.05, 3.63) is 35.4 Å². The topological polar surface area (TPSA) is 55.8 Å². The van der Waals surface area contributed by atoms with Crippen molar-refractivity contribution in [3.8, 4) is 0 Å². The smallest absolute Gasteiger partial charge is 0.410 e. The summed E-state index contributed by atoms with van der Waals surface area (Å²) >= 11 is 0. The largest absolute Gasteiger partial charge is 0.462 e. The predicted octanol–water partition coefficient (Wildman–Crippen LogP) is 4.44. The SMILES string of the molecule is CCOC(=O)c1ccc(CC2(C)CCN(C(=O)OC(C)(C)C)CC2)cc1. The Kier molecular flexibility index (Phi) is 6.32. The molecule has 0 radical (unpaired) electrons. The zero-order valence-corrected chi connectivity index (χ0v) is 16.6. The van der Waals surface area contributed by atoms with Gasteiger partial charge in [-0.3, -0.25) is 0 Å². The minimum Gasteiger partial charge on any atom is -0.462 e. The standard InChI is InChI=1S/C21H31NO4/c1-6-25-18(23)17-9-7-16(8-10-17)15-21(5)11-13-22(14-12-21)19(24)26-20(2,3)4/h7-10H,6,11-15H2,1-5H3. The van der Waals surface area contributed by atoms with Crippen LogP contribution in [0.1, 0.15) is 63.4 Å². The first-order chi connectivity index (χ1) is 12.1. The lowest BCUT2D eigenvalue weighted by molar-refractivity contribution is 0.0119. The van der Waals surface area contributed by atoms with Gasteiger partial charge in [0.15, 0.2) is 0 Å². The van der Waals surface area contributed by atoms with Gasteiger partial charge in [0.2, 0.25) is 0 Å². The van der Waals surface area contributed by atoms with E-state index in [4.69, 9.17) is 9.47 Å². The van der Waals surface area contributed by atoms with Gasteiger partial charge in [0.1, 0.15) is 5.60 Å². The maximum atomic E-state index is 12.2. The molecule has 1 aliphatic heterocycles. The molecule has 0 bridgehead atoms. The van der Waals surface area contributed by atoms with Crippen molar-refractivity contribution < 1.29 is 19.1 Å². The second-order valence-electron chi connectivity index (χ2n) is 8.37. The third kappa shape index (κ3) is 5.75. The third-order valence-corrected chi connectivity index (χ3v) is 4.72. The van der Waals surface area contributed by atoms with E-state index in [-0.39, 0.29) is 17.5 Å². The monoisotopic (exact) mass is 361 g/mol. The summed E-state index contributed by atoms with van der Waals surface area (Å²) in [4.78, 5) is 25.7. The lowest BCUT2D eigenvalue weighted by Crippen LogP contribution is -2.45. The number of nitrogens with zero attached hydrogens (tertiary/aromatic N) is 1. The van der Waals surface area contributed by atoms with Crippen molar-refractivity contribution in [1.29, 1.82) is 0 Å². The van der Waals surface area contributed by atoms with E-state index < -0.39 is 5.60 Å². The van der Waals surface area contributed by atoms with E-state index in [2.05, 4.69) is 6.92 Å². The summed E-state index contributed by atoms with van der Waals surface area (Å²) in [6.07, 6.45) is 2.58. The van der Waals surface area contributed by atoms with Crippen molar-refractivity contribution in [2.24, 2.45) is 5.41 Å². The molecular formula is C21H31NO4. The second kappa shape index (κ2) is 8.11. The Hall–Kier alpha value is -2.04. The highest BCUT2D eigenvalue weighted by Gasteiger charge is 2.33. The molecule has 1 aliphatic rings. The number of piperidine rings is 1. The fourth-order valence-corrected chi connectivity index (χ4v) is 3.20. The second-order valence-corrected chi connectivity index (χ2v) is 8.37. The van der Waals surface area contributed by atoms with Crippen molar-refractivity contribution in [2.75, 3.05) is 19.7 Å². The molecule has 0 unspecified atom stereocenters. The first-order valence-corrected chi connectivity index (χ1v) is 9.36. The minimum atomic E-state index is -0.460. The molecule has 0 N–H and O–H groups in total. The number of carbonyl (C=O) groups excluding carboxylic acids is 2. The quantitative estimate of drug-likeness (QED) is 0.744. The summed E-state index contributed by atoms with van der Waals surface area (Å²) in [5.74, 6) is -0.282. The number of esters is 1. The zero-order chi connectivity index (χ0) is 19.4. The third-order valence-electron chi connectivity index (χ3n) is 4.72. The molecular weight excluding hydrogens is 330 g/mol. The normalized spacial score (nSPS) is 16.9. The zero-order valence-electron chi connectivity index (χ0n) is 16.6. The maximum Gasteiger partial charge on any atom is 0.410 e. The van der Waals surface area contributed by atoms with Crippen LogP contribution >= 0.6 is 0 Å². The minimum absolute atomic E-state index is 0.143. The fourth-order valence-electron chi connectivity index (χ4n) is 3.20. The Labute approximate surface area is 156 Å². The van der Waals surface area contributed by atoms with Gasteiger partial charge in [0.25, 0.3) is 0 Å². The van der Waals surface area contributed by atoms with Crippen LogP contribution in [0.25, 0.3) is 0 Å². The van der Waals surface area contributed by atoms with Crippen LogP contribution in [0.2, 0.25) is 0 Å². The van der Waals surface area contributed by atoms with Crippen molar-refractivity contribution in [1.82, 2.24) is 4.90 Å². The molecule has 0 atom stereocenters. The number of likely N-dealkylation sites (tertiary alicyclic amines) is 1. The lowest BCUT2D eigenvalue weighted by Gasteiger charge is -2.40. The number of hydrogen-bond acceptors (Lipinski definition) is 4. The number of ether oxygens (including phenoxy) is 2. The molecule has 5 heteroatoms. The van der Waals surface area contributed by atoms with E-state index in [1.165, 1.54) is 5.56 Å². The first kappa shape index (κ1) is 20.3. The van der Waals surface area contributed by atoms with Crippen LogP contribution in [0.5, 0.6) is 0 Å². The summed E-state index contributed by atoms with van der Waals surface area (Å²) in [7, 11) is 0. The first-order valence-electron chi connectivity index (χ1n) is 9.36. The number of amides is 1. The van der Waals surface area contributed by atoms with Crippen molar-refractivity contribution in [2.45, 2.75) is 59.5 Å². The van der Waals surface area contributed by atoms with Crippen molar-refractivity contribution >= 4 is 12.1 Å². The van der Waals surface area contributed by atoms with E-state index in [0.717, 1.165) is 19.3 Å². The van der Waals surface area contributed by atoms with Gasteiger partial charge in [-0.25, -0.2) is 9.59 Å². The van der Waals surface area contributed by atoms with Gasteiger partial charge in [-0.2, -0.15) is 0 Å². The molecule has 1 heterocycles. The Bertz CT molecular complexity index is 622. The van der Waals surface area contributed by atoms with E-state index in [1.807, 2.05) is 45.0 Å². The summed E-state index contributed by atoms with van der Waals surface area (Å²) in [5, 5.41) is 0. The van der Waals surface area contributed by atoms with Gasteiger partial charge < -0.3 is 14.4 Å². The molecule has 144 valence electrons. The van der Waals surface area contributed by atoms with Gasteiger partial charge in [-0.1, -0.05) is 19.1 Å². The Morgan fingerprint density at radius 3 is 2.19 bits per heavy atom. The van der Waals surface area contributed by atoms with E-state index in [1.54, 1.807) is 11.8 Å². The summed E-state index contributed by atoms with van der Waals surface area (Å²) in [6.45, 7) is 11.5. The van der Waals surface area contributed by atoms with E-state index in [9.17, 15) is 9.59 Å². The summed E-state index contributed by atoms with van der Waals surface area (Å²) in [6, 6.07) is 7.65. The molecule has 0 aliphatic carbocycles. The number of hydrogen-bond donors (Lipinski definition) is 0. The van der Waals surface area contributed by atoms with Crippen LogP contribution in [0.4, 0.5) is 4.79 Å². The van der Waals surface area contributed by atoms with Gasteiger partial charge in [0.05, 0.1) is 12.2 Å². The molecule has 5 nitrogen and oxygen atoms in total. The average Bonchev–Trinajstić information content (AvgIpc) is 2.54. The average molecular weight is 361 g/mol. The van der Waals surface area contributed by atoms with Crippen LogP contribution in [-0.2, 0) is 15.9 Å². The highest BCUT2D eigenvalue weighted by Crippen LogP contribution is 2.35. The number of benzene rings is 1. The Morgan fingerprint density at radius 2 is 1.69 bits per heavy atom. The summed E-state index contributed by atoms with van der Waals surface area (Å²) in [5.41, 5.74) is 1.47. The molecule has 1 fully saturated rings. The summed E-state index contributed by atoms with van der Waals surface area (Å²) < 4.78 is 10.5. The highest BCUT2D eigenvalue weighted by atomic mass is 16.6. The van der Waals surface area contributed by atoms with Crippen molar-refractivity contribution in [3.63, 3.8) is 0 Å². The lowest BCUT2D eigenvalue weighted by atomic mass is 9.75. The van der Waals surface area contributed by atoms with Crippen LogP contribution in [0, 0.1) is 5.41 Å². The fraction of sp³-hybridized carbons (Fsp3) is 0.619. The van der Waals surface area contributed by atoms with Crippen LogP contribution in [-0.4, -0.2) is 42.3 Å². The molecule has 0 saturated carbocycles. The van der Waals surface area contributed by atoms with E-state index >= 15 is 0 Å². The van der Waals surface area contributed by atoms with Gasteiger partial charge in [-0.05, 0) is 70.1 Å².